The van der Waals surface area contributed by atoms with E-state index in [9.17, 15) is 9.90 Å². The topological polar surface area (TPSA) is 80.7 Å². The van der Waals surface area contributed by atoms with Crippen molar-refractivity contribution >= 4 is 28.4 Å². The highest BCUT2D eigenvalue weighted by molar-refractivity contribution is 6.35. The number of phenolic OH excluding ortho intramolecular Hbond substituents is 1. The Labute approximate surface area is 167 Å². The average Bonchev–Trinajstić information content (AvgIpc) is 3.16. The van der Waals surface area contributed by atoms with Gasteiger partial charge < -0.3 is 19.9 Å². The number of fused-ring (bicyclic) bond motifs is 2. The van der Waals surface area contributed by atoms with Crippen molar-refractivity contribution in [2.45, 2.75) is 19.9 Å². The lowest BCUT2D eigenvalue weighted by molar-refractivity contribution is -0.124. The number of nitrogens with zero attached hydrogens (tertiary/aromatic N) is 1. The Morgan fingerprint density at radius 1 is 1.21 bits per heavy atom. The summed E-state index contributed by atoms with van der Waals surface area (Å²) in [4.78, 5) is 16.8. The van der Waals surface area contributed by atoms with Gasteiger partial charge in [-0.25, -0.2) is 0 Å². The molecule has 0 saturated heterocycles. The van der Waals surface area contributed by atoms with E-state index in [-0.39, 0.29) is 24.4 Å². The smallest absolute Gasteiger partial charge is 0.231 e. The number of halogens is 1. The van der Waals surface area contributed by atoms with E-state index in [4.69, 9.17) is 21.1 Å². The van der Waals surface area contributed by atoms with E-state index in [0.29, 0.717) is 33.0 Å². The molecule has 6 nitrogen and oxygen atoms in total. The Morgan fingerprint density at radius 2 is 2.00 bits per heavy atom. The number of ether oxygens (including phenoxy) is 2. The van der Waals surface area contributed by atoms with E-state index in [1.165, 1.54) is 0 Å². The quantitative estimate of drug-likeness (QED) is 0.689. The Kier molecular flexibility index (Phi) is 4.73. The lowest BCUT2D eigenvalue weighted by atomic mass is 9.95. The van der Waals surface area contributed by atoms with Crippen LogP contribution in [0.4, 0.5) is 0 Å². The van der Waals surface area contributed by atoms with Gasteiger partial charge in [0, 0.05) is 23.1 Å². The monoisotopic (exact) mass is 398 g/mol. The van der Waals surface area contributed by atoms with Gasteiger partial charge in [-0.2, -0.15) is 0 Å². The minimum atomic E-state index is -0.631. The van der Waals surface area contributed by atoms with Crippen LogP contribution in [0.25, 0.3) is 10.9 Å². The maximum Gasteiger partial charge on any atom is 0.231 e. The number of pyridine rings is 1. The second-order valence-corrected chi connectivity index (χ2v) is 7.31. The number of hydrogen-bond donors (Lipinski definition) is 2. The second kappa shape index (κ2) is 7.20. The van der Waals surface area contributed by atoms with Crippen LogP contribution in [0.15, 0.2) is 42.6 Å². The molecule has 0 spiro atoms. The molecule has 1 aliphatic rings. The molecule has 0 fully saturated rings. The summed E-state index contributed by atoms with van der Waals surface area (Å²) in [5.74, 6) is 0.824. The first-order valence-electron chi connectivity index (χ1n) is 8.91. The zero-order valence-electron chi connectivity index (χ0n) is 15.4. The number of hydrogen-bond acceptors (Lipinski definition) is 5. The summed E-state index contributed by atoms with van der Waals surface area (Å²) < 4.78 is 10.8. The first kappa shape index (κ1) is 18.4. The SMILES string of the molecule is CC(C)C(=O)NC(c1ccc2c(c1)OCO2)c1cc(Cl)c2cccnc2c1O. The van der Waals surface area contributed by atoms with Crippen LogP contribution in [-0.2, 0) is 4.79 Å². The number of rotatable bonds is 4. The van der Waals surface area contributed by atoms with E-state index in [2.05, 4.69) is 10.3 Å². The standard InChI is InChI=1S/C21H19ClN2O4/c1-11(2)21(26)24-18(12-5-6-16-17(8-12)28-10-27-16)14-9-15(22)13-4-3-7-23-19(13)20(14)25/h3-9,11,18,25H,10H2,1-2H3,(H,24,26). The Hall–Kier alpha value is -2.99. The van der Waals surface area contributed by atoms with E-state index in [1.54, 1.807) is 50.4 Å². The molecule has 144 valence electrons. The van der Waals surface area contributed by atoms with Gasteiger partial charge in [0.05, 0.1) is 11.1 Å². The van der Waals surface area contributed by atoms with Crippen molar-refractivity contribution < 1.29 is 19.4 Å². The molecular weight excluding hydrogens is 380 g/mol. The zero-order valence-corrected chi connectivity index (χ0v) is 16.2. The lowest BCUT2D eigenvalue weighted by Gasteiger charge is -2.23. The van der Waals surface area contributed by atoms with Gasteiger partial charge >= 0.3 is 0 Å². The largest absolute Gasteiger partial charge is 0.505 e. The highest BCUT2D eigenvalue weighted by atomic mass is 35.5. The maximum atomic E-state index is 12.5. The van der Waals surface area contributed by atoms with E-state index in [1.807, 2.05) is 6.07 Å². The van der Waals surface area contributed by atoms with Crippen molar-refractivity contribution in [3.63, 3.8) is 0 Å². The molecule has 1 unspecified atom stereocenters. The van der Waals surface area contributed by atoms with Crippen LogP contribution in [0.1, 0.15) is 31.0 Å². The molecule has 1 aliphatic heterocycles. The van der Waals surface area contributed by atoms with E-state index in [0.717, 1.165) is 5.56 Å². The summed E-state index contributed by atoms with van der Waals surface area (Å²) in [5.41, 5.74) is 1.58. The van der Waals surface area contributed by atoms with Gasteiger partial charge in [0.2, 0.25) is 12.7 Å². The van der Waals surface area contributed by atoms with E-state index < -0.39 is 6.04 Å². The molecule has 1 aromatic heterocycles. The summed E-state index contributed by atoms with van der Waals surface area (Å²) >= 11 is 6.45. The van der Waals surface area contributed by atoms with Crippen LogP contribution in [0.5, 0.6) is 17.2 Å². The van der Waals surface area contributed by atoms with Crippen LogP contribution in [0.2, 0.25) is 5.02 Å². The van der Waals surface area contributed by atoms with Crippen LogP contribution >= 0.6 is 11.6 Å². The van der Waals surface area contributed by atoms with Gasteiger partial charge in [0.15, 0.2) is 11.5 Å². The summed E-state index contributed by atoms with van der Waals surface area (Å²) in [7, 11) is 0. The third-order valence-electron chi connectivity index (χ3n) is 4.70. The molecular formula is C21H19ClN2O4. The summed E-state index contributed by atoms with van der Waals surface area (Å²) in [6.45, 7) is 3.76. The van der Waals surface area contributed by atoms with Crippen LogP contribution in [0, 0.1) is 5.92 Å². The number of phenols is 1. The number of carbonyl (C=O) groups is 1. The van der Waals surface area contributed by atoms with Crippen molar-refractivity contribution in [2.24, 2.45) is 5.92 Å². The molecule has 0 radical (unpaired) electrons. The van der Waals surface area contributed by atoms with Crippen molar-refractivity contribution in [1.29, 1.82) is 0 Å². The highest BCUT2D eigenvalue weighted by Crippen LogP contribution is 2.41. The van der Waals surface area contributed by atoms with Crippen molar-refractivity contribution in [2.75, 3.05) is 6.79 Å². The van der Waals surface area contributed by atoms with Gasteiger partial charge in [0.1, 0.15) is 11.3 Å². The molecule has 2 N–H and O–H groups in total. The van der Waals surface area contributed by atoms with Gasteiger partial charge in [-0.1, -0.05) is 31.5 Å². The van der Waals surface area contributed by atoms with Crippen molar-refractivity contribution in [3.8, 4) is 17.2 Å². The minimum Gasteiger partial charge on any atom is -0.505 e. The normalized spacial score (nSPS) is 13.7. The maximum absolute atomic E-state index is 12.5. The van der Waals surface area contributed by atoms with Crippen LogP contribution in [0.3, 0.4) is 0 Å². The van der Waals surface area contributed by atoms with Crippen molar-refractivity contribution in [1.82, 2.24) is 10.3 Å². The minimum absolute atomic E-state index is 0.0216. The number of nitrogens with one attached hydrogen (secondary N) is 1. The molecule has 2 aromatic carbocycles. The summed E-state index contributed by atoms with van der Waals surface area (Å²) in [6.07, 6.45) is 1.59. The highest BCUT2D eigenvalue weighted by Gasteiger charge is 2.26. The first-order valence-corrected chi connectivity index (χ1v) is 9.29. The Balaban J connectivity index is 1.87. The Bertz CT molecular complexity index is 1070. The van der Waals surface area contributed by atoms with Gasteiger partial charge in [-0.05, 0) is 35.9 Å². The molecule has 1 amide bonds. The fourth-order valence-corrected chi connectivity index (χ4v) is 3.44. The zero-order chi connectivity index (χ0) is 19.8. The third-order valence-corrected chi connectivity index (χ3v) is 5.01. The molecule has 1 atom stereocenters. The number of benzene rings is 2. The van der Waals surface area contributed by atoms with Gasteiger partial charge in [-0.15, -0.1) is 0 Å². The average molecular weight is 399 g/mol. The predicted molar refractivity (Wildman–Crippen MR) is 106 cm³/mol. The number of aromatic nitrogens is 1. The molecule has 0 bridgehead atoms. The third kappa shape index (κ3) is 3.20. The van der Waals surface area contributed by atoms with Gasteiger partial charge in [0.25, 0.3) is 0 Å². The number of amides is 1. The van der Waals surface area contributed by atoms with Crippen LogP contribution < -0.4 is 14.8 Å². The number of carbonyl (C=O) groups excluding carboxylic acids is 1. The van der Waals surface area contributed by atoms with Crippen molar-refractivity contribution in [3.05, 3.63) is 58.7 Å². The summed E-state index contributed by atoms with van der Waals surface area (Å²) in [6, 6.07) is 9.98. The molecule has 7 heteroatoms. The Morgan fingerprint density at radius 3 is 2.79 bits per heavy atom. The predicted octanol–water partition coefficient (Wildman–Crippen LogP) is 4.18. The second-order valence-electron chi connectivity index (χ2n) is 6.90. The molecule has 0 saturated carbocycles. The molecule has 4 rings (SSSR count). The molecule has 2 heterocycles. The molecule has 3 aromatic rings. The fourth-order valence-electron chi connectivity index (χ4n) is 3.17. The fraction of sp³-hybridized carbons (Fsp3) is 0.238. The van der Waals surface area contributed by atoms with Crippen LogP contribution in [-0.4, -0.2) is 22.8 Å². The molecule has 0 aliphatic carbocycles. The summed E-state index contributed by atoms with van der Waals surface area (Å²) in [5, 5.41) is 15.0. The first-order chi connectivity index (χ1) is 13.5. The molecule has 28 heavy (non-hydrogen) atoms. The number of aromatic hydroxyl groups is 1. The van der Waals surface area contributed by atoms with Gasteiger partial charge in [-0.3, -0.25) is 9.78 Å². The van der Waals surface area contributed by atoms with E-state index >= 15 is 0 Å². The lowest BCUT2D eigenvalue weighted by Crippen LogP contribution is -2.32.